The average Bonchev–Trinajstić information content (AvgIpc) is 2.84. The highest BCUT2D eigenvalue weighted by molar-refractivity contribution is 5.65. The van der Waals surface area contributed by atoms with E-state index in [1.165, 1.54) is 30.4 Å². The largest absolute Gasteiger partial charge is 0.388 e. The zero-order valence-electron chi connectivity index (χ0n) is 11.9. The topological polar surface area (TPSA) is 20.2 Å². The number of aliphatic hydroxyl groups is 1. The molecule has 1 aliphatic carbocycles. The minimum Gasteiger partial charge on any atom is -0.388 e. The van der Waals surface area contributed by atoms with Crippen molar-refractivity contribution in [2.45, 2.75) is 58.0 Å². The molecule has 1 nitrogen and oxygen atoms in total. The molecule has 1 N–H and O–H groups in total. The van der Waals surface area contributed by atoms with Gasteiger partial charge in [-0.15, -0.1) is 5.73 Å². The molecule has 2 rings (SSSR count). The van der Waals surface area contributed by atoms with Crippen molar-refractivity contribution in [3.63, 3.8) is 0 Å². The van der Waals surface area contributed by atoms with E-state index in [0.29, 0.717) is 0 Å². The van der Waals surface area contributed by atoms with Gasteiger partial charge in [-0.05, 0) is 37.7 Å². The van der Waals surface area contributed by atoms with E-state index < -0.39 is 0 Å². The van der Waals surface area contributed by atoms with E-state index in [1.54, 1.807) is 0 Å². The molecule has 0 unspecified atom stereocenters. The van der Waals surface area contributed by atoms with Crippen LogP contribution >= 0.6 is 0 Å². The summed E-state index contributed by atoms with van der Waals surface area (Å²) in [5.41, 5.74) is 7.15. The third-order valence-corrected chi connectivity index (χ3v) is 3.79. The van der Waals surface area contributed by atoms with Gasteiger partial charge < -0.3 is 5.11 Å². The molecule has 0 amide bonds. The molecular weight excluding hydrogens is 232 g/mol. The number of hydrogen-bond donors (Lipinski definition) is 1. The van der Waals surface area contributed by atoms with Crippen LogP contribution in [0.15, 0.2) is 41.6 Å². The molecule has 102 valence electrons. The van der Waals surface area contributed by atoms with Crippen LogP contribution in [0.1, 0.15) is 57.4 Å². The zero-order chi connectivity index (χ0) is 13.5. The van der Waals surface area contributed by atoms with Crippen molar-refractivity contribution >= 4 is 5.57 Å². The zero-order valence-corrected chi connectivity index (χ0v) is 11.9. The van der Waals surface area contributed by atoms with E-state index in [4.69, 9.17) is 0 Å². The standard InChI is InChI=1S/C18H24O/c1-2-3-5-11-16(15-9-6-4-7-10-15)14-17-12-8-13-18(17)19/h4,6-7,9-10,18-19H,2-3,5,8,11-13H2,1H3/t14?,18-/m0/s1. The van der Waals surface area contributed by atoms with Crippen molar-refractivity contribution in [2.24, 2.45) is 0 Å². The molecule has 1 fully saturated rings. The summed E-state index contributed by atoms with van der Waals surface area (Å²) in [5, 5.41) is 9.94. The molecule has 1 aromatic carbocycles. The van der Waals surface area contributed by atoms with Gasteiger partial charge in [-0.25, -0.2) is 0 Å². The molecule has 0 heterocycles. The van der Waals surface area contributed by atoms with E-state index in [0.717, 1.165) is 31.3 Å². The molecule has 1 aliphatic rings. The smallest absolute Gasteiger partial charge is 0.0824 e. The second kappa shape index (κ2) is 7.33. The predicted molar refractivity (Wildman–Crippen MR) is 80.9 cm³/mol. The lowest BCUT2D eigenvalue weighted by Crippen LogP contribution is -2.00. The Bertz CT molecular complexity index is 452. The molecule has 1 aromatic rings. The van der Waals surface area contributed by atoms with Crippen LogP contribution in [0.2, 0.25) is 0 Å². The Hall–Kier alpha value is -1.30. The SMILES string of the molecule is CCCCCC(=C=C1CCC[C@@H]1O)c1ccccc1. The fourth-order valence-electron chi connectivity index (χ4n) is 2.64. The van der Waals surface area contributed by atoms with Crippen molar-refractivity contribution in [1.82, 2.24) is 0 Å². The van der Waals surface area contributed by atoms with Crippen LogP contribution in [-0.2, 0) is 0 Å². The van der Waals surface area contributed by atoms with Gasteiger partial charge in [0.25, 0.3) is 0 Å². The Kier molecular flexibility index (Phi) is 5.44. The normalized spacial score (nSPS) is 18.4. The molecule has 1 saturated carbocycles. The van der Waals surface area contributed by atoms with E-state index in [9.17, 15) is 5.11 Å². The molecule has 0 saturated heterocycles. The summed E-state index contributed by atoms with van der Waals surface area (Å²) in [5.74, 6) is 0. The number of rotatable bonds is 5. The first-order valence-electron chi connectivity index (χ1n) is 7.53. The maximum atomic E-state index is 9.94. The van der Waals surface area contributed by atoms with E-state index in [1.807, 2.05) is 6.07 Å². The van der Waals surface area contributed by atoms with Crippen molar-refractivity contribution in [3.05, 3.63) is 47.2 Å². The van der Waals surface area contributed by atoms with Gasteiger partial charge >= 0.3 is 0 Å². The summed E-state index contributed by atoms with van der Waals surface area (Å²) >= 11 is 0. The highest BCUT2D eigenvalue weighted by atomic mass is 16.3. The summed E-state index contributed by atoms with van der Waals surface area (Å²) in [4.78, 5) is 0. The monoisotopic (exact) mass is 256 g/mol. The number of hydrogen-bond acceptors (Lipinski definition) is 1. The van der Waals surface area contributed by atoms with E-state index >= 15 is 0 Å². The fraction of sp³-hybridized carbons (Fsp3) is 0.500. The molecule has 0 bridgehead atoms. The minimum atomic E-state index is -0.259. The molecule has 1 atom stereocenters. The Balaban J connectivity index is 2.26. The Morgan fingerprint density at radius 1 is 1.26 bits per heavy atom. The molecule has 0 radical (unpaired) electrons. The Labute approximate surface area is 116 Å². The van der Waals surface area contributed by atoms with Crippen LogP contribution in [0.3, 0.4) is 0 Å². The van der Waals surface area contributed by atoms with Crippen LogP contribution in [0.25, 0.3) is 5.57 Å². The summed E-state index contributed by atoms with van der Waals surface area (Å²) < 4.78 is 0. The van der Waals surface area contributed by atoms with Crippen LogP contribution in [-0.4, -0.2) is 11.2 Å². The van der Waals surface area contributed by atoms with Crippen molar-refractivity contribution < 1.29 is 5.11 Å². The first-order chi connectivity index (χ1) is 9.31. The lowest BCUT2D eigenvalue weighted by atomic mass is 9.99. The number of benzene rings is 1. The lowest BCUT2D eigenvalue weighted by molar-refractivity contribution is 0.218. The predicted octanol–water partition coefficient (Wildman–Crippen LogP) is 4.72. The van der Waals surface area contributed by atoms with Gasteiger partial charge in [0.05, 0.1) is 6.10 Å². The second-order valence-electron chi connectivity index (χ2n) is 5.36. The third kappa shape index (κ3) is 4.09. The van der Waals surface area contributed by atoms with Crippen LogP contribution < -0.4 is 0 Å². The van der Waals surface area contributed by atoms with Gasteiger partial charge in [-0.2, -0.15) is 0 Å². The van der Waals surface area contributed by atoms with Gasteiger partial charge in [0.1, 0.15) is 0 Å². The molecule has 1 heteroatoms. The fourth-order valence-corrected chi connectivity index (χ4v) is 2.64. The Morgan fingerprint density at radius 2 is 2.05 bits per heavy atom. The van der Waals surface area contributed by atoms with Gasteiger partial charge in [0.2, 0.25) is 0 Å². The maximum Gasteiger partial charge on any atom is 0.0824 e. The molecule has 0 spiro atoms. The van der Waals surface area contributed by atoms with Crippen molar-refractivity contribution in [3.8, 4) is 0 Å². The maximum absolute atomic E-state index is 9.94. The second-order valence-corrected chi connectivity index (χ2v) is 5.36. The highest BCUT2D eigenvalue weighted by Gasteiger charge is 2.17. The van der Waals surface area contributed by atoms with E-state index in [-0.39, 0.29) is 6.10 Å². The highest BCUT2D eigenvalue weighted by Crippen LogP contribution is 2.27. The third-order valence-electron chi connectivity index (χ3n) is 3.79. The Morgan fingerprint density at radius 3 is 2.68 bits per heavy atom. The van der Waals surface area contributed by atoms with Crippen LogP contribution in [0.5, 0.6) is 0 Å². The van der Waals surface area contributed by atoms with Crippen LogP contribution in [0, 0.1) is 0 Å². The summed E-state index contributed by atoms with van der Waals surface area (Å²) in [6, 6.07) is 10.5. The van der Waals surface area contributed by atoms with Gasteiger partial charge in [0, 0.05) is 11.1 Å². The molecule has 0 aliphatic heterocycles. The van der Waals surface area contributed by atoms with Gasteiger partial charge in [-0.1, -0.05) is 50.1 Å². The summed E-state index contributed by atoms with van der Waals surface area (Å²) in [7, 11) is 0. The number of aliphatic hydroxyl groups excluding tert-OH is 1. The quantitative estimate of drug-likeness (QED) is 0.597. The van der Waals surface area contributed by atoms with Crippen molar-refractivity contribution in [1.29, 1.82) is 0 Å². The first kappa shape index (κ1) is 14.1. The summed E-state index contributed by atoms with van der Waals surface area (Å²) in [6.45, 7) is 2.23. The molecular formula is C18H24O. The van der Waals surface area contributed by atoms with Crippen molar-refractivity contribution in [2.75, 3.05) is 0 Å². The minimum absolute atomic E-state index is 0.259. The summed E-state index contributed by atoms with van der Waals surface area (Å²) in [6.07, 6.45) is 7.51. The first-order valence-corrected chi connectivity index (χ1v) is 7.53. The van der Waals surface area contributed by atoms with E-state index in [2.05, 4.69) is 36.9 Å². The van der Waals surface area contributed by atoms with Gasteiger partial charge in [0.15, 0.2) is 0 Å². The lowest BCUT2D eigenvalue weighted by Gasteiger charge is -2.07. The number of unbranched alkanes of at least 4 members (excludes halogenated alkanes) is 2. The molecule has 19 heavy (non-hydrogen) atoms. The molecule has 0 aromatic heterocycles. The van der Waals surface area contributed by atoms with Gasteiger partial charge in [-0.3, -0.25) is 0 Å². The average molecular weight is 256 g/mol. The van der Waals surface area contributed by atoms with Crippen LogP contribution in [0.4, 0.5) is 0 Å².